The van der Waals surface area contributed by atoms with Crippen molar-refractivity contribution in [2.45, 2.75) is 51.2 Å². The van der Waals surface area contributed by atoms with E-state index in [0.717, 1.165) is 25.0 Å². The lowest BCUT2D eigenvalue weighted by atomic mass is 9.88. The smallest absolute Gasteiger partial charge is 0.343 e. The summed E-state index contributed by atoms with van der Waals surface area (Å²) in [6.45, 7) is 3.19. The molecule has 0 saturated carbocycles. The van der Waals surface area contributed by atoms with E-state index >= 15 is 0 Å². The second kappa shape index (κ2) is 8.05. The Labute approximate surface area is 171 Å². The van der Waals surface area contributed by atoms with Crippen LogP contribution in [0.25, 0.3) is 0 Å². The standard InChI is InChI=1S/C20H20N2O8/c1-3-4-14-9-17(23)16-8-15(5-6-18(16)29-14)30-19(24)12-7-13(21(25)26)11-20(2,10-12)22(27)28/h5-8,10,14H,3-4,9,11H2,1-2H3. The highest BCUT2D eigenvalue weighted by atomic mass is 16.6. The number of carbonyl (C=O) groups excluding carboxylic acids is 2. The average Bonchev–Trinajstić information content (AvgIpc) is 2.68. The van der Waals surface area contributed by atoms with Crippen LogP contribution in [-0.4, -0.2) is 33.2 Å². The molecule has 0 radical (unpaired) electrons. The molecule has 1 aliphatic heterocycles. The van der Waals surface area contributed by atoms with Crippen molar-refractivity contribution in [3.8, 4) is 11.5 Å². The van der Waals surface area contributed by atoms with Crippen molar-refractivity contribution in [2.75, 3.05) is 0 Å². The van der Waals surface area contributed by atoms with Crippen molar-refractivity contribution in [3.05, 3.63) is 67.4 Å². The third-order valence-corrected chi connectivity index (χ3v) is 4.99. The second-order valence-electron chi connectivity index (χ2n) is 7.49. The minimum atomic E-state index is -1.81. The van der Waals surface area contributed by atoms with Crippen molar-refractivity contribution < 1.29 is 28.9 Å². The molecule has 0 N–H and O–H groups in total. The first-order chi connectivity index (χ1) is 14.1. The number of rotatable bonds is 6. The highest BCUT2D eigenvalue weighted by Crippen LogP contribution is 2.33. The zero-order valence-electron chi connectivity index (χ0n) is 16.5. The van der Waals surface area contributed by atoms with Gasteiger partial charge in [0.2, 0.25) is 5.54 Å². The largest absolute Gasteiger partial charge is 0.489 e. The Morgan fingerprint density at radius 1 is 1.33 bits per heavy atom. The van der Waals surface area contributed by atoms with E-state index in [1.165, 1.54) is 25.1 Å². The van der Waals surface area contributed by atoms with E-state index in [9.17, 15) is 29.8 Å². The van der Waals surface area contributed by atoms with Gasteiger partial charge in [-0.15, -0.1) is 0 Å². The number of fused-ring (bicyclic) bond motifs is 1. The Bertz CT molecular complexity index is 997. The molecular formula is C20H20N2O8. The van der Waals surface area contributed by atoms with E-state index in [2.05, 4.69) is 0 Å². The molecule has 30 heavy (non-hydrogen) atoms. The van der Waals surface area contributed by atoms with Crippen LogP contribution >= 0.6 is 0 Å². The molecule has 10 nitrogen and oxygen atoms in total. The van der Waals surface area contributed by atoms with Crippen molar-refractivity contribution in [2.24, 2.45) is 0 Å². The van der Waals surface area contributed by atoms with Crippen LogP contribution in [-0.2, 0) is 4.79 Å². The summed E-state index contributed by atoms with van der Waals surface area (Å²) in [5, 5.41) is 22.5. The molecule has 0 fully saturated rings. The minimum absolute atomic E-state index is 0.0370. The first-order valence-corrected chi connectivity index (χ1v) is 9.41. The summed E-state index contributed by atoms with van der Waals surface area (Å²) >= 11 is 0. The molecule has 2 atom stereocenters. The Hall–Kier alpha value is -3.56. The summed E-state index contributed by atoms with van der Waals surface area (Å²) in [5.41, 5.74) is -2.28. The molecule has 3 rings (SSSR count). The lowest BCUT2D eigenvalue weighted by Crippen LogP contribution is -2.37. The number of ketones is 1. The highest BCUT2D eigenvalue weighted by Gasteiger charge is 2.44. The molecule has 1 heterocycles. The predicted molar refractivity (Wildman–Crippen MR) is 104 cm³/mol. The van der Waals surface area contributed by atoms with Crippen molar-refractivity contribution >= 4 is 11.8 Å². The van der Waals surface area contributed by atoms with Gasteiger partial charge in [0.15, 0.2) is 5.78 Å². The van der Waals surface area contributed by atoms with E-state index in [4.69, 9.17) is 9.47 Å². The number of nitro groups is 2. The average molecular weight is 416 g/mol. The number of benzene rings is 1. The number of Topliss-reactive ketones (excluding diaryl/α,β-unsaturated/α-hetero) is 1. The van der Waals surface area contributed by atoms with Crippen molar-refractivity contribution in [1.29, 1.82) is 0 Å². The normalized spacial score (nSPS) is 22.9. The fourth-order valence-corrected chi connectivity index (χ4v) is 3.46. The molecule has 10 heteroatoms. The van der Waals surface area contributed by atoms with Gasteiger partial charge in [-0.2, -0.15) is 0 Å². The van der Waals surface area contributed by atoms with Crippen LogP contribution in [0.15, 0.2) is 41.6 Å². The highest BCUT2D eigenvalue weighted by molar-refractivity contribution is 6.00. The van der Waals surface area contributed by atoms with Gasteiger partial charge in [-0.25, -0.2) is 4.79 Å². The molecule has 1 aliphatic carbocycles. The minimum Gasteiger partial charge on any atom is -0.489 e. The predicted octanol–water partition coefficient (Wildman–Crippen LogP) is 3.25. The van der Waals surface area contributed by atoms with Crippen LogP contribution in [0.5, 0.6) is 11.5 Å². The third-order valence-electron chi connectivity index (χ3n) is 4.99. The van der Waals surface area contributed by atoms with Gasteiger partial charge >= 0.3 is 5.97 Å². The van der Waals surface area contributed by atoms with Crippen molar-refractivity contribution in [1.82, 2.24) is 0 Å². The van der Waals surface area contributed by atoms with Gasteiger partial charge in [0.1, 0.15) is 24.0 Å². The van der Waals surface area contributed by atoms with Crippen LogP contribution in [0.2, 0.25) is 0 Å². The van der Waals surface area contributed by atoms with Gasteiger partial charge in [-0.05, 0) is 24.6 Å². The lowest BCUT2D eigenvalue weighted by molar-refractivity contribution is -0.557. The molecule has 0 bridgehead atoms. The molecule has 2 unspecified atom stereocenters. The second-order valence-corrected chi connectivity index (χ2v) is 7.49. The number of esters is 1. The molecule has 0 amide bonds. The van der Waals surface area contributed by atoms with Crippen LogP contribution in [0.1, 0.15) is 49.9 Å². The summed E-state index contributed by atoms with van der Waals surface area (Å²) in [4.78, 5) is 46.0. The third kappa shape index (κ3) is 4.22. The van der Waals surface area contributed by atoms with Gasteiger partial charge in [0.05, 0.1) is 16.1 Å². The van der Waals surface area contributed by atoms with Crippen LogP contribution in [0.4, 0.5) is 0 Å². The number of hydrogen-bond acceptors (Lipinski definition) is 8. The summed E-state index contributed by atoms with van der Waals surface area (Å²) in [6, 6.07) is 4.32. The lowest BCUT2D eigenvalue weighted by Gasteiger charge is -2.25. The summed E-state index contributed by atoms with van der Waals surface area (Å²) in [6.07, 6.45) is 3.21. The fraction of sp³-hybridized carbons (Fsp3) is 0.400. The van der Waals surface area contributed by atoms with Gasteiger partial charge in [0, 0.05) is 30.4 Å². The summed E-state index contributed by atoms with van der Waals surface area (Å²) < 4.78 is 11.0. The van der Waals surface area contributed by atoms with Gasteiger partial charge < -0.3 is 9.47 Å². The van der Waals surface area contributed by atoms with Gasteiger partial charge in [-0.3, -0.25) is 25.0 Å². The van der Waals surface area contributed by atoms with E-state index < -0.39 is 33.5 Å². The fourth-order valence-electron chi connectivity index (χ4n) is 3.46. The van der Waals surface area contributed by atoms with Crippen LogP contribution in [0.3, 0.4) is 0 Å². The topological polar surface area (TPSA) is 139 Å². The van der Waals surface area contributed by atoms with E-state index in [0.29, 0.717) is 5.75 Å². The number of ether oxygens (including phenoxy) is 2. The molecule has 1 aromatic carbocycles. The molecule has 2 aliphatic rings. The SMILES string of the molecule is CCCC1CC(=O)c2cc(OC(=O)C3=CC(C)([N+](=O)[O-])CC([N+](=O)[O-])=C3)ccc2O1. The van der Waals surface area contributed by atoms with E-state index in [1.54, 1.807) is 0 Å². The number of nitrogens with zero attached hydrogens (tertiary/aromatic N) is 2. The Balaban J connectivity index is 1.84. The maximum atomic E-state index is 12.5. The van der Waals surface area contributed by atoms with E-state index in [1.807, 2.05) is 6.92 Å². The number of hydrogen-bond donors (Lipinski definition) is 0. The quantitative estimate of drug-likeness (QED) is 0.298. The molecule has 0 saturated heterocycles. The van der Waals surface area contributed by atoms with Gasteiger partial charge in [-0.1, -0.05) is 13.3 Å². The summed E-state index contributed by atoms with van der Waals surface area (Å²) in [5.74, 6) is -0.691. The van der Waals surface area contributed by atoms with Crippen molar-refractivity contribution in [3.63, 3.8) is 0 Å². The maximum Gasteiger partial charge on any atom is 0.343 e. The molecular weight excluding hydrogens is 396 g/mol. The maximum absolute atomic E-state index is 12.5. The first-order valence-electron chi connectivity index (χ1n) is 9.41. The monoisotopic (exact) mass is 416 g/mol. The zero-order valence-corrected chi connectivity index (χ0v) is 16.5. The Morgan fingerprint density at radius 2 is 2.07 bits per heavy atom. The Kier molecular flexibility index (Phi) is 5.68. The van der Waals surface area contributed by atoms with E-state index in [-0.39, 0.29) is 35.2 Å². The summed E-state index contributed by atoms with van der Waals surface area (Å²) in [7, 11) is 0. The molecule has 0 aromatic heterocycles. The molecule has 0 spiro atoms. The van der Waals surface area contributed by atoms with Crippen LogP contribution < -0.4 is 9.47 Å². The zero-order chi connectivity index (χ0) is 22.1. The first kappa shape index (κ1) is 21.2. The van der Waals surface area contributed by atoms with Crippen LogP contribution in [0, 0.1) is 20.2 Å². The molecule has 158 valence electrons. The number of carbonyl (C=O) groups is 2. The Morgan fingerprint density at radius 3 is 2.70 bits per heavy atom. The van der Waals surface area contributed by atoms with Gasteiger partial charge in [0.25, 0.3) is 5.70 Å². The molecule has 1 aromatic rings.